The number of carbonyl (C=O) groups is 3. The number of primary amides is 1. The normalized spacial score (nSPS) is 30.0. The van der Waals surface area contributed by atoms with Crippen LogP contribution in [0.25, 0.3) is 0 Å². The number of ketones is 1. The fourth-order valence-corrected chi connectivity index (χ4v) is 8.02. The van der Waals surface area contributed by atoms with Crippen LogP contribution in [0.3, 0.4) is 0 Å². The molecule has 41 heavy (non-hydrogen) atoms. The lowest BCUT2D eigenvalue weighted by Crippen LogP contribution is -2.63. The fraction of sp³-hybridized carbons (Fsp3) is 0.567. The highest BCUT2D eigenvalue weighted by atomic mass is 16.3. The zero-order valence-electron chi connectivity index (χ0n) is 23.9. The van der Waals surface area contributed by atoms with E-state index in [4.69, 9.17) is 5.73 Å². The Morgan fingerprint density at radius 3 is 2.34 bits per heavy atom. The number of aliphatic hydroxyl groups is 3. The maximum Gasteiger partial charge on any atom is 0.258 e. The van der Waals surface area contributed by atoms with E-state index in [2.05, 4.69) is 0 Å². The van der Waals surface area contributed by atoms with Crippen molar-refractivity contribution in [1.29, 1.82) is 0 Å². The van der Waals surface area contributed by atoms with Crippen molar-refractivity contribution >= 4 is 23.3 Å². The molecule has 2 fully saturated rings. The predicted octanol–water partition coefficient (Wildman–Crippen LogP) is 1.32. The second kappa shape index (κ2) is 8.96. The number of Topliss-reactive ketones (excluding diaryl/α,β-unsaturated/α-hetero) is 1. The molecule has 1 spiro atoms. The molecule has 1 saturated heterocycles. The van der Waals surface area contributed by atoms with Crippen LogP contribution >= 0.6 is 0 Å². The molecule has 0 aromatic heterocycles. The van der Waals surface area contributed by atoms with Crippen molar-refractivity contribution in [3.05, 3.63) is 45.4 Å². The highest BCUT2D eigenvalue weighted by molar-refractivity contribution is 6.24. The topological polar surface area (TPSA) is 168 Å². The Morgan fingerprint density at radius 2 is 1.76 bits per heavy atom. The summed E-state index contributed by atoms with van der Waals surface area (Å²) in [6, 6.07) is 0.807. The van der Waals surface area contributed by atoms with Gasteiger partial charge in [0.15, 0.2) is 5.60 Å². The molecule has 1 heterocycles. The summed E-state index contributed by atoms with van der Waals surface area (Å²) in [5.74, 6) is -5.05. The highest BCUT2D eigenvalue weighted by Crippen LogP contribution is 2.54. The van der Waals surface area contributed by atoms with E-state index in [0.29, 0.717) is 24.1 Å². The van der Waals surface area contributed by atoms with Gasteiger partial charge in [-0.15, -0.1) is 0 Å². The number of phenolic OH excluding ortho intramolecular Hbond substituents is 1. The van der Waals surface area contributed by atoms with Crippen LogP contribution in [-0.2, 0) is 22.4 Å². The fourth-order valence-electron chi connectivity index (χ4n) is 8.02. The third-order valence-electron chi connectivity index (χ3n) is 10.2. The summed E-state index contributed by atoms with van der Waals surface area (Å²) in [7, 11) is 7.04. The molecule has 6 N–H and O–H groups in total. The summed E-state index contributed by atoms with van der Waals surface area (Å²) >= 11 is 0. The Kier molecular flexibility index (Phi) is 6.03. The van der Waals surface area contributed by atoms with Crippen LogP contribution in [0, 0.1) is 11.8 Å². The van der Waals surface area contributed by atoms with Crippen molar-refractivity contribution < 1.29 is 34.8 Å². The van der Waals surface area contributed by atoms with Crippen LogP contribution < -0.4 is 10.6 Å². The van der Waals surface area contributed by atoms with E-state index < -0.39 is 46.3 Å². The van der Waals surface area contributed by atoms with Gasteiger partial charge in [0.1, 0.15) is 22.8 Å². The van der Waals surface area contributed by atoms with Gasteiger partial charge in [-0.25, -0.2) is 0 Å². The first-order valence-corrected chi connectivity index (χ1v) is 14.2. The number of likely N-dealkylation sites (N-methyl/N-ethyl adjacent to an activating group) is 1. The van der Waals surface area contributed by atoms with Crippen molar-refractivity contribution in [1.82, 2.24) is 9.80 Å². The van der Waals surface area contributed by atoms with Gasteiger partial charge in [0, 0.05) is 49.8 Å². The molecule has 1 aliphatic heterocycles. The Morgan fingerprint density at radius 1 is 1.07 bits per heavy atom. The molecule has 220 valence electrons. The minimum atomic E-state index is -2.48. The van der Waals surface area contributed by atoms with Gasteiger partial charge in [0.05, 0.1) is 11.6 Å². The zero-order valence-corrected chi connectivity index (χ0v) is 23.9. The lowest BCUT2D eigenvalue weighted by atomic mass is 9.58. The molecular formula is C30H38N4O7. The molecule has 1 aromatic rings. The van der Waals surface area contributed by atoms with Crippen LogP contribution in [0.1, 0.15) is 53.6 Å². The van der Waals surface area contributed by atoms with Crippen LogP contribution in [0.2, 0.25) is 0 Å². The predicted molar refractivity (Wildman–Crippen MR) is 150 cm³/mol. The smallest absolute Gasteiger partial charge is 0.258 e. The maximum absolute atomic E-state index is 13.8. The van der Waals surface area contributed by atoms with Gasteiger partial charge < -0.3 is 36.0 Å². The van der Waals surface area contributed by atoms with E-state index in [0.717, 1.165) is 36.9 Å². The van der Waals surface area contributed by atoms with Gasteiger partial charge in [-0.2, -0.15) is 0 Å². The largest absolute Gasteiger partial charge is 0.510 e. The van der Waals surface area contributed by atoms with Crippen LogP contribution in [0.4, 0.5) is 5.69 Å². The average Bonchev–Trinajstić information content (AvgIpc) is 3.55. The number of benzene rings is 1. The molecule has 0 bridgehead atoms. The Balaban J connectivity index is 1.48. The van der Waals surface area contributed by atoms with Crippen molar-refractivity contribution in [3.8, 4) is 5.75 Å². The molecule has 4 atom stereocenters. The summed E-state index contributed by atoms with van der Waals surface area (Å²) in [6.07, 6.45) is 4.45. The quantitative estimate of drug-likeness (QED) is 0.338. The van der Waals surface area contributed by atoms with Gasteiger partial charge in [-0.3, -0.25) is 19.3 Å². The lowest BCUT2D eigenvalue weighted by molar-refractivity contribution is -0.148. The molecule has 11 nitrogen and oxygen atoms in total. The third kappa shape index (κ3) is 3.67. The van der Waals surface area contributed by atoms with Crippen molar-refractivity contribution in [2.24, 2.45) is 17.6 Å². The average molecular weight is 567 g/mol. The molecule has 5 aliphatic rings. The summed E-state index contributed by atoms with van der Waals surface area (Å²) < 4.78 is 0. The van der Waals surface area contributed by atoms with Crippen LogP contribution in [0.5, 0.6) is 5.75 Å². The van der Waals surface area contributed by atoms with Crippen molar-refractivity contribution in [2.45, 2.75) is 62.1 Å². The number of phenols is 1. The number of nitrogens with two attached hydrogens (primary N) is 1. The first-order valence-electron chi connectivity index (χ1n) is 14.2. The number of hydrogen-bond acceptors (Lipinski definition) is 9. The second-order valence-corrected chi connectivity index (χ2v) is 12.9. The van der Waals surface area contributed by atoms with E-state index in [1.54, 1.807) is 25.1 Å². The number of hydrogen-bond donors (Lipinski definition) is 5. The number of rotatable bonds is 4. The summed E-state index contributed by atoms with van der Waals surface area (Å²) in [6.45, 7) is 0.646. The highest BCUT2D eigenvalue weighted by Gasteiger charge is 2.62. The van der Waals surface area contributed by atoms with E-state index in [9.17, 15) is 34.8 Å². The number of allylic oxidation sites excluding steroid dienone is 1. The molecule has 11 heteroatoms. The number of nitrogens with zero attached hydrogens (tertiary/aromatic N) is 3. The molecule has 0 unspecified atom stereocenters. The van der Waals surface area contributed by atoms with E-state index >= 15 is 0 Å². The first-order chi connectivity index (χ1) is 19.2. The number of likely N-dealkylation sites (tertiary alicyclic amines) is 1. The Labute approximate surface area is 238 Å². The van der Waals surface area contributed by atoms with Gasteiger partial charge in [0.2, 0.25) is 5.78 Å². The molecule has 6 rings (SSSR count). The first kappa shape index (κ1) is 27.6. The van der Waals surface area contributed by atoms with Gasteiger partial charge in [-0.1, -0.05) is 0 Å². The molecule has 4 aliphatic carbocycles. The third-order valence-corrected chi connectivity index (χ3v) is 10.2. The van der Waals surface area contributed by atoms with Crippen LogP contribution in [-0.4, -0.2) is 99.7 Å². The number of aliphatic hydroxyl groups excluding tert-OH is 2. The molecule has 0 radical (unpaired) electrons. The minimum Gasteiger partial charge on any atom is -0.510 e. The molecule has 1 aromatic carbocycles. The standard InChI is InChI=1S/C30H38N4O7/c1-32(2)20-13-18(28(40)34-9-5-6-29(34)7-8-29)23(35)17-12-15-14(10-16(17)20)11-19-22(33(3)4)24(36)21(27(31)39)26(38)30(19,41)25(15)37/h13-14,19,22,35-37,41H,5-12H2,1-4H3,(H2,31,39)/t14-,19-,22-,30-/m0/s1. The number of fused-ring (bicyclic) bond motifs is 3. The van der Waals surface area contributed by atoms with Gasteiger partial charge >= 0.3 is 0 Å². The monoisotopic (exact) mass is 566 g/mol. The van der Waals surface area contributed by atoms with Gasteiger partial charge in [0.25, 0.3) is 11.8 Å². The SMILES string of the molecule is CN(C)c1cc(C(=O)N2CCCC23CC3)c(O)c2c1C[C@H]1C[C@H]3[C@H](N(C)C)C(O)=C(C(N)=O)C(=O)[C@@]3(O)C(O)=C1C2. The molecule has 1 saturated carbocycles. The van der Waals surface area contributed by atoms with Crippen molar-refractivity contribution in [3.63, 3.8) is 0 Å². The summed E-state index contributed by atoms with van der Waals surface area (Å²) in [4.78, 5) is 44.9. The summed E-state index contributed by atoms with van der Waals surface area (Å²) in [5.41, 5.74) is 4.80. The Bertz CT molecular complexity index is 1460. The van der Waals surface area contributed by atoms with Gasteiger partial charge in [-0.05, 0) is 75.7 Å². The van der Waals surface area contributed by atoms with E-state index in [1.807, 2.05) is 23.9 Å². The zero-order chi connectivity index (χ0) is 29.8. The lowest BCUT2D eigenvalue weighted by Gasteiger charge is -2.50. The van der Waals surface area contributed by atoms with Crippen molar-refractivity contribution in [2.75, 3.05) is 39.6 Å². The number of amides is 2. The van der Waals surface area contributed by atoms with E-state index in [1.165, 1.54) is 0 Å². The maximum atomic E-state index is 13.8. The minimum absolute atomic E-state index is 0.0152. The van der Waals surface area contributed by atoms with E-state index in [-0.39, 0.29) is 41.5 Å². The number of aromatic hydroxyl groups is 1. The second-order valence-electron chi connectivity index (χ2n) is 12.9. The number of carbonyl (C=O) groups excluding carboxylic acids is 3. The molecule has 2 amide bonds. The Hall–Kier alpha value is -3.57. The number of anilines is 1. The summed E-state index contributed by atoms with van der Waals surface area (Å²) in [5, 5.41) is 45.9. The van der Waals surface area contributed by atoms with Crippen LogP contribution in [0.15, 0.2) is 28.7 Å². The molecular weight excluding hydrogens is 528 g/mol.